The number of amides is 1. The highest BCUT2D eigenvalue weighted by atomic mass is 79.9. The molecule has 0 spiro atoms. The molecule has 0 radical (unpaired) electrons. The minimum atomic E-state index is 0.0741. The highest BCUT2D eigenvalue weighted by Crippen LogP contribution is 2.32. The second kappa shape index (κ2) is 3.91. The van der Waals surface area contributed by atoms with Crippen LogP contribution in [0.1, 0.15) is 12.8 Å². The average molecular weight is 275 g/mol. The van der Waals surface area contributed by atoms with Crippen LogP contribution in [-0.4, -0.2) is 5.91 Å². The molecule has 0 aliphatic heterocycles. The Hall–Kier alpha value is -0.540. The lowest BCUT2D eigenvalue weighted by Gasteiger charge is -2.06. The molecule has 0 bridgehead atoms. The van der Waals surface area contributed by atoms with Crippen LogP contribution < -0.4 is 5.32 Å². The second-order valence-corrected chi connectivity index (χ2v) is 4.71. The summed E-state index contributed by atoms with van der Waals surface area (Å²) < 4.78 is 0.910. The molecule has 1 amide bonds. The molecule has 0 unspecified atom stereocenters. The summed E-state index contributed by atoms with van der Waals surface area (Å²) in [7, 11) is 0. The molecule has 0 atom stereocenters. The van der Waals surface area contributed by atoms with E-state index in [-0.39, 0.29) is 11.8 Å². The summed E-state index contributed by atoms with van der Waals surface area (Å²) in [5.74, 6) is 0.273. The van der Waals surface area contributed by atoms with Crippen LogP contribution in [0.15, 0.2) is 22.7 Å². The molecule has 0 saturated heterocycles. The average Bonchev–Trinajstić information content (AvgIpc) is 2.94. The number of halogens is 2. The van der Waals surface area contributed by atoms with E-state index in [1.165, 1.54) is 0 Å². The van der Waals surface area contributed by atoms with E-state index < -0.39 is 0 Å². The quantitative estimate of drug-likeness (QED) is 0.879. The normalized spacial score (nSPS) is 15.3. The summed E-state index contributed by atoms with van der Waals surface area (Å²) in [5, 5.41) is 3.38. The van der Waals surface area contributed by atoms with Gasteiger partial charge in [-0.05, 0) is 31.0 Å². The van der Waals surface area contributed by atoms with Gasteiger partial charge < -0.3 is 5.32 Å². The molecular formula is C10H9BrClNO. The Morgan fingerprint density at radius 3 is 2.86 bits per heavy atom. The van der Waals surface area contributed by atoms with Crippen molar-refractivity contribution in [3.8, 4) is 0 Å². The molecule has 14 heavy (non-hydrogen) atoms. The van der Waals surface area contributed by atoms with Crippen molar-refractivity contribution in [2.45, 2.75) is 12.8 Å². The van der Waals surface area contributed by atoms with E-state index in [9.17, 15) is 4.79 Å². The van der Waals surface area contributed by atoms with Gasteiger partial charge >= 0.3 is 0 Å². The molecule has 1 N–H and O–H groups in total. The van der Waals surface area contributed by atoms with Crippen LogP contribution in [0.4, 0.5) is 5.69 Å². The number of rotatable bonds is 2. The lowest BCUT2D eigenvalue weighted by atomic mass is 10.3. The van der Waals surface area contributed by atoms with Crippen molar-refractivity contribution in [3.63, 3.8) is 0 Å². The van der Waals surface area contributed by atoms with Gasteiger partial charge in [-0.1, -0.05) is 27.5 Å². The molecular weight excluding hydrogens is 265 g/mol. The van der Waals surface area contributed by atoms with E-state index in [2.05, 4.69) is 21.2 Å². The highest BCUT2D eigenvalue weighted by Gasteiger charge is 2.29. The molecule has 74 valence electrons. The number of hydrogen-bond acceptors (Lipinski definition) is 1. The minimum Gasteiger partial charge on any atom is -0.324 e. The van der Waals surface area contributed by atoms with E-state index >= 15 is 0 Å². The molecule has 1 aliphatic carbocycles. The number of carbonyl (C=O) groups excluding carboxylic acids is 1. The van der Waals surface area contributed by atoms with Gasteiger partial charge in [0.05, 0.1) is 10.7 Å². The number of benzene rings is 1. The smallest absolute Gasteiger partial charge is 0.227 e. The predicted molar refractivity (Wildman–Crippen MR) is 60.5 cm³/mol. The molecule has 1 aromatic rings. The minimum absolute atomic E-state index is 0.0741. The molecule has 2 nitrogen and oxygen atoms in total. The van der Waals surface area contributed by atoms with Gasteiger partial charge in [0.2, 0.25) is 5.91 Å². The molecule has 1 saturated carbocycles. The van der Waals surface area contributed by atoms with E-state index in [0.717, 1.165) is 17.3 Å². The standard InChI is InChI=1S/C10H9BrClNO/c11-7-3-4-8(12)9(5-7)13-10(14)6-1-2-6/h3-6H,1-2H2,(H,13,14). The Bertz CT molecular complexity index is 376. The molecule has 1 aromatic carbocycles. The largest absolute Gasteiger partial charge is 0.324 e. The number of carbonyl (C=O) groups is 1. The zero-order valence-electron chi connectivity index (χ0n) is 7.39. The van der Waals surface area contributed by atoms with Gasteiger partial charge in [0.25, 0.3) is 0 Å². The van der Waals surface area contributed by atoms with E-state index in [1.54, 1.807) is 6.07 Å². The predicted octanol–water partition coefficient (Wildman–Crippen LogP) is 3.45. The molecule has 4 heteroatoms. The summed E-state index contributed by atoms with van der Waals surface area (Å²) >= 11 is 9.26. The third-order valence-corrected chi connectivity index (χ3v) is 2.96. The highest BCUT2D eigenvalue weighted by molar-refractivity contribution is 9.10. The van der Waals surface area contributed by atoms with Crippen LogP contribution in [0.5, 0.6) is 0 Å². The van der Waals surface area contributed by atoms with Gasteiger partial charge in [-0.3, -0.25) is 4.79 Å². The fourth-order valence-corrected chi connectivity index (χ4v) is 1.70. The van der Waals surface area contributed by atoms with Gasteiger partial charge in [-0.2, -0.15) is 0 Å². The van der Waals surface area contributed by atoms with Crippen LogP contribution in [-0.2, 0) is 4.79 Å². The van der Waals surface area contributed by atoms with Crippen molar-refractivity contribution < 1.29 is 4.79 Å². The summed E-state index contributed by atoms with van der Waals surface area (Å²) in [6.45, 7) is 0. The SMILES string of the molecule is O=C(Nc1cc(Br)ccc1Cl)C1CC1. The first-order chi connectivity index (χ1) is 6.66. The number of hydrogen-bond donors (Lipinski definition) is 1. The third kappa shape index (κ3) is 2.28. The number of nitrogens with one attached hydrogen (secondary N) is 1. The van der Waals surface area contributed by atoms with Crippen LogP contribution >= 0.6 is 27.5 Å². The maximum absolute atomic E-state index is 11.5. The van der Waals surface area contributed by atoms with Gasteiger partial charge in [0.15, 0.2) is 0 Å². The molecule has 2 rings (SSSR count). The van der Waals surface area contributed by atoms with Crippen LogP contribution in [0.3, 0.4) is 0 Å². The summed E-state index contributed by atoms with van der Waals surface area (Å²) in [5.41, 5.74) is 0.679. The summed E-state index contributed by atoms with van der Waals surface area (Å²) in [6, 6.07) is 5.41. The van der Waals surface area contributed by atoms with Crippen molar-refractivity contribution in [2.75, 3.05) is 5.32 Å². The topological polar surface area (TPSA) is 29.1 Å². The third-order valence-electron chi connectivity index (χ3n) is 2.13. The second-order valence-electron chi connectivity index (χ2n) is 3.39. The Kier molecular flexibility index (Phi) is 2.79. The maximum atomic E-state index is 11.5. The molecule has 0 heterocycles. The lowest BCUT2D eigenvalue weighted by Crippen LogP contribution is -2.13. The Balaban J connectivity index is 2.14. The van der Waals surface area contributed by atoms with Crippen LogP contribution in [0.2, 0.25) is 5.02 Å². The van der Waals surface area contributed by atoms with Crippen molar-refractivity contribution in [2.24, 2.45) is 5.92 Å². The van der Waals surface area contributed by atoms with Gasteiger partial charge in [-0.15, -0.1) is 0 Å². The first-order valence-electron chi connectivity index (χ1n) is 4.43. The van der Waals surface area contributed by atoms with Crippen LogP contribution in [0, 0.1) is 5.92 Å². The monoisotopic (exact) mass is 273 g/mol. The Morgan fingerprint density at radius 2 is 2.21 bits per heavy atom. The first kappa shape index (κ1) is 9.99. The Morgan fingerprint density at radius 1 is 1.50 bits per heavy atom. The first-order valence-corrected chi connectivity index (χ1v) is 5.60. The zero-order valence-corrected chi connectivity index (χ0v) is 9.73. The fraction of sp³-hybridized carbons (Fsp3) is 0.300. The van der Waals surface area contributed by atoms with Crippen molar-refractivity contribution in [1.29, 1.82) is 0 Å². The molecule has 1 aliphatic rings. The van der Waals surface area contributed by atoms with Crippen LogP contribution in [0.25, 0.3) is 0 Å². The van der Waals surface area contributed by atoms with Crippen molar-refractivity contribution in [3.05, 3.63) is 27.7 Å². The fourth-order valence-electron chi connectivity index (χ4n) is 1.17. The van der Waals surface area contributed by atoms with Gasteiger partial charge in [0, 0.05) is 10.4 Å². The lowest BCUT2D eigenvalue weighted by molar-refractivity contribution is -0.117. The molecule has 0 aromatic heterocycles. The van der Waals surface area contributed by atoms with Gasteiger partial charge in [0.1, 0.15) is 0 Å². The summed E-state index contributed by atoms with van der Waals surface area (Å²) in [4.78, 5) is 11.5. The van der Waals surface area contributed by atoms with E-state index in [0.29, 0.717) is 10.7 Å². The zero-order chi connectivity index (χ0) is 10.1. The molecule has 1 fully saturated rings. The maximum Gasteiger partial charge on any atom is 0.227 e. The van der Waals surface area contributed by atoms with Crippen molar-refractivity contribution in [1.82, 2.24) is 0 Å². The summed E-state index contributed by atoms with van der Waals surface area (Å²) in [6.07, 6.45) is 1.99. The van der Waals surface area contributed by atoms with Gasteiger partial charge in [-0.25, -0.2) is 0 Å². The number of anilines is 1. The van der Waals surface area contributed by atoms with E-state index in [1.807, 2.05) is 12.1 Å². The van der Waals surface area contributed by atoms with E-state index in [4.69, 9.17) is 11.6 Å². The Labute approximate surface area is 95.8 Å². The van der Waals surface area contributed by atoms with Crippen molar-refractivity contribution >= 4 is 39.1 Å².